The van der Waals surface area contributed by atoms with Crippen molar-refractivity contribution in [2.24, 2.45) is 0 Å². The lowest BCUT2D eigenvalue weighted by molar-refractivity contribution is 0.404. The van der Waals surface area contributed by atoms with Crippen LogP contribution < -0.4 is 10.2 Å². The highest BCUT2D eigenvalue weighted by atomic mass is 79.9. The third-order valence-electron chi connectivity index (χ3n) is 3.25. The van der Waals surface area contributed by atoms with Gasteiger partial charge in [0.05, 0.1) is 0 Å². The summed E-state index contributed by atoms with van der Waals surface area (Å²) >= 11 is 3.43. The maximum absolute atomic E-state index is 4.51. The minimum atomic E-state index is 0.182. The van der Waals surface area contributed by atoms with Gasteiger partial charge in [0.25, 0.3) is 0 Å². The third-order valence-corrected chi connectivity index (χ3v) is 3.72. The number of anilines is 1. The summed E-state index contributed by atoms with van der Waals surface area (Å²) in [6.45, 7) is 8.78. The van der Waals surface area contributed by atoms with E-state index in [-0.39, 0.29) is 5.54 Å². The van der Waals surface area contributed by atoms with Gasteiger partial charge in [0.15, 0.2) is 0 Å². The molecule has 1 aromatic heterocycles. The van der Waals surface area contributed by atoms with Gasteiger partial charge in [0, 0.05) is 35.3 Å². The number of hydrogen-bond donors (Lipinski definition) is 1. The summed E-state index contributed by atoms with van der Waals surface area (Å²) in [5.41, 5.74) is 0.182. The lowest BCUT2D eigenvalue weighted by atomic mass is 10.1. The second-order valence-electron chi connectivity index (χ2n) is 5.95. The Balaban J connectivity index is 2.01. The number of hydrogen-bond acceptors (Lipinski definition) is 3. The number of aromatic nitrogens is 1. The molecule has 1 aliphatic rings. The van der Waals surface area contributed by atoms with Crippen molar-refractivity contribution in [2.45, 2.75) is 45.2 Å². The Kier molecular flexibility index (Phi) is 4.28. The van der Waals surface area contributed by atoms with Gasteiger partial charge < -0.3 is 10.2 Å². The molecule has 1 saturated heterocycles. The summed E-state index contributed by atoms with van der Waals surface area (Å²) in [5.74, 6) is 1.09. The van der Waals surface area contributed by atoms with Gasteiger partial charge in [-0.05, 0) is 61.7 Å². The zero-order chi connectivity index (χ0) is 13.2. The van der Waals surface area contributed by atoms with Gasteiger partial charge in [-0.25, -0.2) is 4.98 Å². The first-order chi connectivity index (χ1) is 8.46. The van der Waals surface area contributed by atoms with Crippen LogP contribution in [0.5, 0.6) is 0 Å². The summed E-state index contributed by atoms with van der Waals surface area (Å²) in [6, 6.07) is 4.73. The van der Waals surface area contributed by atoms with Crippen LogP contribution in [0, 0.1) is 0 Å². The molecule has 18 heavy (non-hydrogen) atoms. The molecule has 2 rings (SSSR count). The molecule has 0 aliphatic carbocycles. The normalized spacial score (nSPS) is 20.4. The maximum atomic E-state index is 4.51. The van der Waals surface area contributed by atoms with E-state index >= 15 is 0 Å². The SMILES string of the molecule is CC(C)(C)NCC1CCCN1c1ccc(Br)cn1. The largest absolute Gasteiger partial charge is 0.352 e. The van der Waals surface area contributed by atoms with Crippen molar-refractivity contribution < 1.29 is 0 Å². The monoisotopic (exact) mass is 311 g/mol. The van der Waals surface area contributed by atoms with Crippen molar-refractivity contribution in [3.05, 3.63) is 22.8 Å². The molecule has 0 amide bonds. The summed E-state index contributed by atoms with van der Waals surface area (Å²) in [5, 5.41) is 3.60. The third kappa shape index (κ3) is 3.69. The van der Waals surface area contributed by atoms with Crippen LogP contribution in [0.3, 0.4) is 0 Å². The second-order valence-corrected chi connectivity index (χ2v) is 6.87. The van der Waals surface area contributed by atoms with Gasteiger partial charge in [-0.3, -0.25) is 0 Å². The molecule has 1 atom stereocenters. The Morgan fingerprint density at radius 3 is 2.83 bits per heavy atom. The lowest BCUT2D eigenvalue weighted by Crippen LogP contribution is -2.45. The molecule has 0 radical (unpaired) electrons. The molecule has 2 heterocycles. The summed E-state index contributed by atoms with van der Waals surface area (Å²) in [7, 11) is 0. The van der Waals surface area contributed by atoms with Crippen LogP contribution in [0.4, 0.5) is 5.82 Å². The van der Waals surface area contributed by atoms with E-state index in [0.717, 1.165) is 23.4 Å². The van der Waals surface area contributed by atoms with E-state index in [4.69, 9.17) is 0 Å². The average Bonchev–Trinajstić information content (AvgIpc) is 2.75. The highest BCUT2D eigenvalue weighted by molar-refractivity contribution is 9.10. The van der Waals surface area contributed by atoms with E-state index in [9.17, 15) is 0 Å². The Hall–Kier alpha value is -0.610. The molecular weight excluding hydrogens is 290 g/mol. The molecule has 1 aromatic rings. The van der Waals surface area contributed by atoms with E-state index in [0.29, 0.717) is 6.04 Å². The van der Waals surface area contributed by atoms with Crippen LogP contribution in [0.2, 0.25) is 0 Å². The van der Waals surface area contributed by atoms with Crippen molar-refractivity contribution >= 4 is 21.7 Å². The van der Waals surface area contributed by atoms with E-state index in [1.165, 1.54) is 12.8 Å². The fraction of sp³-hybridized carbons (Fsp3) is 0.643. The minimum absolute atomic E-state index is 0.182. The van der Waals surface area contributed by atoms with E-state index in [2.05, 4.69) is 64.0 Å². The standard InChI is InChI=1S/C14H22BrN3/c1-14(2,3)17-10-12-5-4-8-18(12)13-7-6-11(15)9-16-13/h6-7,9,12,17H,4-5,8,10H2,1-3H3. The molecule has 1 fully saturated rings. The quantitative estimate of drug-likeness (QED) is 0.929. The molecular formula is C14H22BrN3. The molecule has 3 nitrogen and oxygen atoms in total. The minimum Gasteiger partial charge on any atom is -0.352 e. The predicted octanol–water partition coefficient (Wildman–Crippen LogP) is 3.20. The van der Waals surface area contributed by atoms with Gasteiger partial charge in [-0.2, -0.15) is 0 Å². The van der Waals surface area contributed by atoms with Crippen LogP contribution in [-0.2, 0) is 0 Å². The van der Waals surface area contributed by atoms with Gasteiger partial charge >= 0.3 is 0 Å². The summed E-state index contributed by atoms with van der Waals surface area (Å²) in [4.78, 5) is 6.93. The molecule has 0 saturated carbocycles. The second kappa shape index (κ2) is 5.57. The van der Waals surface area contributed by atoms with E-state index in [1.807, 2.05) is 6.20 Å². The Morgan fingerprint density at radius 2 is 2.22 bits per heavy atom. The molecule has 0 spiro atoms. The molecule has 1 N–H and O–H groups in total. The zero-order valence-corrected chi connectivity index (χ0v) is 13.0. The first kappa shape index (κ1) is 13.8. The lowest BCUT2D eigenvalue weighted by Gasteiger charge is -2.29. The highest BCUT2D eigenvalue weighted by Crippen LogP contribution is 2.24. The number of halogens is 1. The van der Waals surface area contributed by atoms with Crippen molar-refractivity contribution in [1.82, 2.24) is 10.3 Å². The zero-order valence-electron chi connectivity index (χ0n) is 11.4. The number of nitrogens with one attached hydrogen (secondary N) is 1. The fourth-order valence-corrected chi connectivity index (χ4v) is 2.55. The summed E-state index contributed by atoms with van der Waals surface area (Å²) in [6.07, 6.45) is 4.39. The van der Waals surface area contributed by atoms with Gasteiger partial charge in [0.1, 0.15) is 5.82 Å². The van der Waals surface area contributed by atoms with Gasteiger partial charge in [0.2, 0.25) is 0 Å². The van der Waals surface area contributed by atoms with Crippen molar-refractivity contribution in [3.8, 4) is 0 Å². The van der Waals surface area contributed by atoms with E-state index in [1.54, 1.807) is 0 Å². The Morgan fingerprint density at radius 1 is 1.44 bits per heavy atom. The fourth-order valence-electron chi connectivity index (χ4n) is 2.31. The van der Waals surface area contributed by atoms with Crippen LogP contribution in [0.25, 0.3) is 0 Å². The van der Waals surface area contributed by atoms with Crippen LogP contribution in [0.1, 0.15) is 33.6 Å². The molecule has 4 heteroatoms. The maximum Gasteiger partial charge on any atom is 0.128 e. The topological polar surface area (TPSA) is 28.2 Å². The molecule has 100 valence electrons. The van der Waals surface area contributed by atoms with Crippen molar-refractivity contribution in [3.63, 3.8) is 0 Å². The number of pyridine rings is 1. The Bertz CT molecular complexity index is 383. The average molecular weight is 312 g/mol. The molecule has 1 unspecified atom stereocenters. The van der Waals surface area contributed by atoms with Gasteiger partial charge in [-0.15, -0.1) is 0 Å². The first-order valence-electron chi connectivity index (χ1n) is 6.59. The van der Waals surface area contributed by atoms with Gasteiger partial charge in [-0.1, -0.05) is 0 Å². The predicted molar refractivity (Wildman–Crippen MR) is 80.1 cm³/mol. The van der Waals surface area contributed by atoms with Crippen molar-refractivity contribution in [2.75, 3.05) is 18.0 Å². The Labute approximate surface area is 118 Å². The smallest absolute Gasteiger partial charge is 0.128 e. The van der Waals surface area contributed by atoms with Crippen LogP contribution in [0.15, 0.2) is 22.8 Å². The molecule has 0 bridgehead atoms. The first-order valence-corrected chi connectivity index (χ1v) is 7.38. The van der Waals surface area contributed by atoms with Crippen molar-refractivity contribution in [1.29, 1.82) is 0 Å². The molecule has 0 aromatic carbocycles. The van der Waals surface area contributed by atoms with Crippen LogP contribution >= 0.6 is 15.9 Å². The summed E-state index contributed by atoms with van der Waals surface area (Å²) < 4.78 is 1.04. The number of nitrogens with zero attached hydrogens (tertiary/aromatic N) is 2. The van der Waals surface area contributed by atoms with Crippen LogP contribution in [-0.4, -0.2) is 29.7 Å². The molecule has 1 aliphatic heterocycles. The van der Waals surface area contributed by atoms with E-state index < -0.39 is 0 Å². The number of rotatable bonds is 3. The highest BCUT2D eigenvalue weighted by Gasteiger charge is 2.26.